The van der Waals surface area contributed by atoms with Gasteiger partial charge in [0.15, 0.2) is 0 Å². The maximum absolute atomic E-state index is 5.47. The number of hydrogen-bond donors (Lipinski definition) is 0. The fourth-order valence-corrected chi connectivity index (χ4v) is 2.15. The van der Waals surface area contributed by atoms with E-state index in [1.807, 2.05) is 12.3 Å². The largest absolute Gasteiger partial charge is 0.381 e. The molecule has 0 amide bonds. The van der Waals surface area contributed by atoms with E-state index in [-0.39, 0.29) is 0 Å². The van der Waals surface area contributed by atoms with E-state index in [9.17, 15) is 0 Å². The van der Waals surface area contributed by atoms with Gasteiger partial charge in [-0.3, -0.25) is 4.98 Å². The molecule has 2 rings (SSSR count). The van der Waals surface area contributed by atoms with Gasteiger partial charge in [-0.1, -0.05) is 6.07 Å². The standard InChI is InChI=1S/C13H20N2O/c1-10(15(2)3)13-12(5-4-7-14-13)11-6-8-16-9-11/h4-5,7,10-11H,6,8-9H2,1-3H3/t10-,11+/m0/s1. The second-order valence-corrected chi connectivity index (χ2v) is 4.68. The first-order valence-electron chi connectivity index (χ1n) is 5.89. The molecule has 0 spiro atoms. The van der Waals surface area contributed by atoms with Gasteiger partial charge in [-0.2, -0.15) is 0 Å². The maximum Gasteiger partial charge on any atom is 0.0607 e. The maximum atomic E-state index is 5.47. The molecule has 0 aromatic carbocycles. The van der Waals surface area contributed by atoms with E-state index in [1.54, 1.807) is 0 Å². The van der Waals surface area contributed by atoms with Crippen molar-refractivity contribution in [2.75, 3.05) is 27.3 Å². The van der Waals surface area contributed by atoms with Crippen molar-refractivity contribution in [1.29, 1.82) is 0 Å². The Morgan fingerprint density at radius 1 is 1.50 bits per heavy atom. The van der Waals surface area contributed by atoms with Crippen LogP contribution < -0.4 is 0 Å². The average Bonchev–Trinajstić information content (AvgIpc) is 2.81. The van der Waals surface area contributed by atoms with Crippen LogP contribution in [0.2, 0.25) is 0 Å². The first-order chi connectivity index (χ1) is 7.70. The highest BCUT2D eigenvalue weighted by molar-refractivity contribution is 5.27. The van der Waals surface area contributed by atoms with Gasteiger partial charge in [-0.25, -0.2) is 0 Å². The van der Waals surface area contributed by atoms with Gasteiger partial charge in [0.25, 0.3) is 0 Å². The first kappa shape index (κ1) is 11.6. The summed E-state index contributed by atoms with van der Waals surface area (Å²) in [5.41, 5.74) is 2.56. The topological polar surface area (TPSA) is 25.4 Å². The van der Waals surface area contributed by atoms with Crippen LogP contribution in [0.3, 0.4) is 0 Å². The van der Waals surface area contributed by atoms with Crippen molar-refractivity contribution in [2.24, 2.45) is 0 Å². The van der Waals surface area contributed by atoms with Crippen LogP contribution in [0.25, 0.3) is 0 Å². The molecule has 1 fully saturated rings. The zero-order valence-corrected chi connectivity index (χ0v) is 10.3. The summed E-state index contributed by atoms with van der Waals surface area (Å²) in [7, 11) is 4.18. The Morgan fingerprint density at radius 3 is 2.94 bits per heavy atom. The number of aromatic nitrogens is 1. The SMILES string of the molecule is C[C@@H](c1ncccc1[C@@H]1CCOC1)N(C)C. The van der Waals surface area contributed by atoms with E-state index in [4.69, 9.17) is 4.74 Å². The fourth-order valence-electron chi connectivity index (χ4n) is 2.15. The molecule has 1 saturated heterocycles. The van der Waals surface area contributed by atoms with Crippen molar-refractivity contribution >= 4 is 0 Å². The Bertz CT molecular complexity index is 325. The molecule has 16 heavy (non-hydrogen) atoms. The molecule has 0 saturated carbocycles. The first-order valence-corrected chi connectivity index (χ1v) is 5.89. The number of hydrogen-bond acceptors (Lipinski definition) is 3. The van der Waals surface area contributed by atoms with Gasteiger partial charge >= 0.3 is 0 Å². The van der Waals surface area contributed by atoms with Gasteiger partial charge in [-0.15, -0.1) is 0 Å². The lowest BCUT2D eigenvalue weighted by Crippen LogP contribution is -2.20. The van der Waals surface area contributed by atoms with E-state index in [2.05, 4.69) is 37.0 Å². The van der Waals surface area contributed by atoms with E-state index in [0.717, 1.165) is 19.6 Å². The van der Waals surface area contributed by atoms with Crippen LogP contribution >= 0.6 is 0 Å². The Balaban J connectivity index is 2.29. The van der Waals surface area contributed by atoms with E-state index in [0.29, 0.717) is 12.0 Å². The van der Waals surface area contributed by atoms with Gasteiger partial charge in [-0.05, 0) is 39.1 Å². The molecule has 1 aliphatic heterocycles. The van der Waals surface area contributed by atoms with E-state index in [1.165, 1.54) is 11.3 Å². The third-order valence-corrected chi connectivity index (χ3v) is 3.41. The van der Waals surface area contributed by atoms with Crippen LogP contribution in [-0.4, -0.2) is 37.2 Å². The lowest BCUT2D eigenvalue weighted by molar-refractivity contribution is 0.193. The number of nitrogens with zero attached hydrogens (tertiary/aromatic N) is 2. The van der Waals surface area contributed by atoms with Gasteiger partial charge in [0.05, 0.1) is 12.3 Å². The quantitative estimate of drug-likeness (QED) is 0.781. The van der Waals surface area contributed by atoms with Crippen molar-refractivity contribution in [3.8, 4) is 0 Å². The minimum Gasteiger partial charge on any atom is -0.381 e. The number of ether oxygens (including phenoxy) is 1. The highest BCUT2D eigenvalue weighted by Crippen LogP contribution is 2.30. The van der Waals surface area contributed by atoms with Crippen LogP contribution in [0.5, 0.6) is 0 Å². The highest BCUT2D eigenvalue weighted by atomic mass is 16.5. The lowest BCUT2D eigenvalue weighted by atomic mass is 9.94. The Labute approximate surface area is 97.4 Å². The van der Waals surface area contributed by atoms with Gasteiger partial charge in [0.2, 0.25) is 0 Å². The van der Waals surface area contributed by atoms with Crippen LogP contribution in [0, 0.1) is 0 Å². The van der Waals surface area contributed by atoms with Crippen LogP contribution in [-0.2, 0) is 4.74 Å². The smallest absolute Gasteiger partial charge is 0.0607 e. The molecule has 0 unspecified atom stereocenters. The minimum absolute atomic E-state index is 0.358. The minimum atomic E-state index is 0.358. The van der Waals surface area contributed by atoms with Crippen molar-refractivity contribution in [2.45, 2.75) is 25.3 Å². The molecule has 0 N–H and O–H groups in total. The van der Waals surface area contributed by atoms with Crippen LogP contribution in [0.4, 0.5) is 0 Å². The van der Waals surface area contributed by atoms with Crippen molar-refractivity contribution in [1.82, 2.24) is 9.88 Å². The predicted octanol–water partition coefficient (Wildman–Crippen LogP) is 2.21. The van der Waals surface area contributed by atoms with Crippen LogP contribution in [0.1, 0.15) is 36.6 Å². The molecule has 0 aliphatic carbocycles. The summed E-state index contributed by atoms with van der Waals surface area (Å²) in [6.07, 6.45) is 3.01. The summed E-state index contributed by atoms with van der Waals surface area (Å²) in [5, 5.41) is 0. The molecular weight excluding hydrogens is 200 g/mol. The monoisotopic (exact) mass is 220 g/mol. The predicted molar refractivity (Wildman–Crippen MR) is 64.5 cm³/mol. The Morgan fingerprint density at radius 2 is 2.31 bits per heavy atom. The zero-order valence-electron chi connectivity index (χ0n) is 10.3. The second kappa shape index (κ2) is 4.93. The molecule has 88 valence electrons. The van der Waals surface area contributed by atoms with Crippen molar-refractivity contribution in [3.05, 3.63) is 29.6 Å². The fraction of sp³-hybridized carbons (Fsp3) is 0.615. The Kier molecular flexibility index (Phi) is 3.56. The molecule has 0 bridgehead atoms. The zero-order chi connectivity index (χ0) is 11.5. The van der Waals surface area contributed by atoms with Crippen molar-refractivity contribution < 1.29 is 4.74 Å². The summed E-state index contributed by atoms with van der Waals surface area (Å²) < 4.78 is 5.47. The summed E-state index contributed by atoms with van der Waals surface area (Å²) in [6, 6.07) is 4.58. The van der Waals surface area contributed by atoms with Gasteiger partial charge in [0, 0.05) is 24.8 Å². The highest BCUT2D eigenvalue weighted by Gasteiger charge is 2.23. The molecule has 0 radical (unpaired) electrons. The van der Waals surface area contributed by atoms with Crippen molar-refractivity contribution in [3.63, 3.8) is 0 Å². The molecule has 2 heterocycles. The molecular formula is C13H20N2O. The normalized spacial score (nSPS) is 22.6. The molecule has 1 aliphatic rings. The lowest BCUT2D eigenvalue weighted by Gasteiger charge is -2.23. The van der Waals surface area contributed by atoms with E-state index < -0.39 is 0 Å². The number of rotatable bonds is 3. The summed E-state index contributed by atoms with van der Waals surface area (Å²) in [6.45, 7) is 3.93. The third-order valence-electron chi connectivity index (χ3n) is 3.41. The van der Waals surface area contributed by atoms with Gasteiger partial charge < -0.3 is 9.64 Å². The van der Waals surface area contributed by atoms with Gasteiger partial charge in [0.1, 0.15) is 0 Å². The molecule has 3 nitrogen and oxygen atoms in total. The average molecular weight is 220 g/mol. The Hall–Kier alpha value is -0.930. The molecule has 1 aromatic heterocycles. The third kappa shape index (κ3) is 2.25. The molecule has 2 atom stereocenters. The summed E-state index contributed by atoms with van der Waals surface area (Å²) in [5.74, 6) is 0.533. The molecule has 3 heteroatoms. The number of pyridine rings is 1. The summed E-state index contributed by atoms with van der Waals surface area (Å²) >= 11 is 0. The summed E-state index contributed by atoms with van der Waals surface area (Å²) in [4.78, 5) is 6.74. The van der Waals surface area contributed by atoms with Crippen LogP contribution in [0.15, 0.2) is 18.3 Å². The molecule has 1 aromatic rings. The second-order valence-electron chi connectivity index (χ2n) is 4.68. The van der Waals surface area contributed by atoms with E-state index >= 15 is 0 Å².